The van der Waals surface area contributed by atoms with Crippen molar-refractivity contribution in [2.45, 2.75) is 18.3 Å². The van der Waals surface area contributed by atoms with Crippen LogP contribution in [0.3, 0.4) is 0 Å². The first kappa shape index (κ1) is 10.8. The van der Waals surface area contributed by atoms with Crippen LogP contribution in [0.15, 0.2) is 0 Å². The van der Waals surface area contributed by atoms with Gasteiger partial charge in [-0.15, -0.1) is 0 Å². The van der Waals surface area contributed by atoms with Gasteiger partial charge in [0, 0.05) is 26.2 Å². The van der Waals surface area contributed by atoms with Crippen LogP contribution in [-0.4, -0.2) is 72.1 Å². The van der Waals surface area contributed by atoms with Crippen molar-refractivity contribution in [2.75, 3.05) is 32.8 Å². The molecule has 1 amide bonds. The summed E-state index contributed by atoms with van der Waals surface area (Å²) in [6, 6.07) is 0. The van der Waals surface area contributed by atoms with Gasteiger partial charge >= 0.3 is 0 Å². The van der Waals surface area contributed by atoms with E-state index in [0.717, 1.165) is 6.54 Å². The topological polar surface area (TPSA) is 82.0 Å². The molecule has 3 atom stereocenters. The molecule has 0 spiro atoms. The summed E-state index contributed by atoms with van der Waals surface area (Å²) in [5.74, 6) is -0.155. The summed E-state index contributed by atoms with van der Waals surface area (Å²) >= 11 is 0. The van der Waals surface area contributed by atoms with Gasteiger partial charge in [-0.3, -0.25) is 4.79 Å². The average Bonchev–Trinajstić information content (AvgIpc) is 2.59. The van der Waals surface area contributed by atoms with Gasteiger partial charge in [-0.05, 0) is 0 Å². The molecule has 15 heavy (non-hydrogen) atoms. The van der Waals surface area contributed by atoms with Gasteiger partial charge in [-0.25, -0.2) is 0 Å². The third kappa shape index (κ3) is 2.28. The SMILES string of the molecule is O=C(C1CNCCO1)N1CC(O)C(O)C1. The molecular weight excluding hydrogens is 200 g/mol. The zero-order valence-electron chi connectivity index (χ0n) is 8.43. The summed E-state index contributed by atoms with van der Waals surface area (Å²) in [7, 11) is 0. The lowest BCUT2D eigenvalue weighted by Gasteiger charge is -2.26. The lowest BCUT2D eigenvalue weighted by molar-refractivity contribution is -0.144. The number of hydrogen-bond donors (Lipinski definition) is 3. The Bertz CT molecular complexity index is 232. The number of carbonyl (C=O) groups is 1. The van der Waals surface area contributed by atoms with Crippen molar-refractivity contribution in [3.05, 3.63) is 0 Å². The molecule has 3 N–H and O–H groups in total. The van der Waals surface area contributed by atoms with Crippen LogP contribution in [0.5, 0.6) is 0 Å². The van der Waals surface area contributed by atoms with Crippen molar-refractivity contribution >= 4 is 5.91 Å². The first-order valence-electron chi connectivity index (χ1n) is 5.15. The number of amides is 1. The number of aliphatic hydroxyl groups is 2. The second-order valence-corrected chi connectivity index (χ2v) is 3.94. The number of likely N-dealkylation sites (tertiary alicyclic amines) is 1. The quantitative estimate of drug-likeness (QED) is 0.453. The summed E-state index contributed by atoms with van der Waals surface area (Å²) in [6.45, 7) is 2.17. The number of carbonyl (C=O) groups excluding carboxylic acids is 1. The van der Waals surface area contributed by atoms with Gasteiger partial charge in [0.25, 0.3) is 5.91 Å². The Labute approximate surface area is 87.8 Å². The fraction of sp³-hybridized carbons (Fsp3) is 0.889. The molecule has 0 radical (unpaired) electrons. The Morgan fingerprint density at radius 2 is 2.00 bits per heavy atom. The minimum atomic E-state index is -0.828. The monoisotopic (exact) mass is 216 g/mol. The number of nitrogens with zero attached hydrogens (tertiary/aromatic N) is 1. The number of aliphatic hydroxyl groups excluding tert-OH is 2. The molecular formula is C9H16N2O4. The van der Waals surface area contributed by atoms with Crippen LogP contribution in [0.1, 0.15) is 0 Å². The van der Waals surface area contributed by atoms with Crippen molar-refractivity contribution in [3.63, 3.8) is 0 Å². The van der Waals surface area contributed by atoms with E-state index < -0.39 is 18.3 Å². The van der Waals surface area contributed by atoms with Gasteiger partial charge in [0.1, 0.15) is 6.10 Å². The molecule has 2 saturated heterocycles. The van der Waals surface area contributed by atoms with Crippen LogP contribution < -0.4 is 5.32 Å². The standard InChI is InChI=1S/C9H16N2O4/c12-6-4-11(5-7(6)13)9(14)8-3-10-1-2-15-8/h6-8,10,12-13H,1-5H2. The van der Waals surface area contributed by atoms with Gasteiger partial charge in [-0.1, -0.05) is 0 Å². The Morgan fingerprint density at radius 1 is 1.33 bits per heavy atom. The predicted octanol–water partition coefficient (Wildman–Crippen LogP) is -2.46. The number of morpholine rings is 1. The van der Waals surface area contributed by atoms with Crippen molar-refractivity contribution in [2.24, 2.45) is 0 Å². The second kappa shape index (κ2) is 4.44. The Kier molecular flexibility index (Phi) is 3.20. The van der Waals surface area contributed by atoms with Crippen molar-refractivity contribution < 1.29 is 19.7 Å². The molecule has 3 unspecified atom stereocenters. The predicted molar refractivity (Wildman–Crippen MR) is 51.2 cm³/mol. The highest BCUT2D eigenvalue weighted by Gasteiger charge is 2.36. The van der Waals surface area contributed by atoms with Crippen LogP contribution in [0, 0.1) is 0 Å². The van der Waals surface area contributed by atoms with Gasteiger partial charge < -0.3 is 25.2 Å². The van der Waals surface area contributed by atoms with Crippen LogP contribution >= 0.6 is 0 Å². The van der Waals surface area contributed by atoms with E-state index in [1.165, 1.54) is 4.90 Å². The zero-order chi connectivity index (χ0) is 10.8. The highest BCUT2D eigenvalue weighted by atomic mass is 16.5. The van der Waals surface area contributed by atoms with Gasteiger partial charge in [0.05, 0.1) is 18.8 Å². The third-order valence-electron chi connectivity index (χ3n) is 2.77. The minimum Gasteiger partial charge on any atom is -0.388 e. The highest BCUT2D eigenvalue weighted by Crippen LogP contribution is 2.12. The average molecular weight is 216 g/mol. The van der Waals surface area contributed by atoms with Crippen LogP contribution in [0.2, 0.25) is 0 Å². The molecule has 6 nitrogen and oxygen atoms in total. The molecule has 0 aromatic carbocycles. The second-order valence-electron chi connectivity index (χ2n) is 3.94. The number of hydrogen-bond acceptors (Lipinski definition) is 5. The first-order valence-corrected chi connectivity index (χ1v) is 5.15. The Morgan fingerprint density at radius 3 is 2.53 bits per heavy atom. The van der Waals surface area contributed by atoms with E-state index in [1.54, 1.807) is 0 Å². The van der Waals surface area contributed by atoms with Gasteiger partial charge in [-0.2, -0.15) is 0 Å². The molecule has 2 heterocycles. The minimum absolute atomic E-state index is 0.155. The maximum atomic E-state index is 11.8. The first-order chi connectivity index (χ1) is 7.18. The molecule has 0 aliphatic carbocycles. The van der Waals surface area contributed by atoms with Crippen molar-refractivity contribution in [1.29, 1.82) is 0 Å². The number of rotatable bonds is 1. The molecule has 2 aliphatic rings. The van der Waals surface area contributed by atoms with E-state index >= 15 is 0 Å². The van der Waals surface area contributed by atoms with Gasteiger partial charge in [0.15, 0.2) is 0 Å². The summed E-state index contributed by atoms with van der Waals surface area (Å²) < 4.78 is 5.31. The lowest BCUT2D eigenvalue weighted by atomic mass is 10.2. The highest BCUT2D eigenvalue weighted by molar-refractivity contribution is 5.81. The fourth-order valence-electron chi connectivity index (χ4n) is 1.88. The van der Waals surface area contributed by atoms with Crippen molar-refractivity contribution in [3.8, 4) is 0 Å². The summed E-state index contributed by atoms with van der Waals surface area (Å²) in [5.41, 5.74) is 0. The molecule has 0 aromatic heterocycles. The van der Waals surface area contributed by atoms with E-state index in [9.17, 15) is 15.0 Å². The van der Waals surface area contributed by atoms with Crippen LogP contribution in [0.4, 0.5) is 0 Å². The normalized spacial score (nSPS) is 36.9. The van der Waals surface area contributed by atoms with E-state index in [-0.39, 0.29) is 19.0 Å². The Balaban J connectivity index is 1.90. The molecule has 2 aliphatic heterocycles. The number of ether oxygens (including phenoxy) is 1. The molecule has 0 aromatic rings. The molecule has 0 bridgehead atoms. The molecule has 86 valence electrons. The van der Waals surface area contributed by atoms with E-state index in [0.29, 0.717) is 13.2 Å². The largest absolute Gasteiger partial charge is 0.388 e. The molecule has 2 rings (SSSR count). The summed E-state index contributed by atoms with van der Waals surface area (Å²) in [5, 5.41) is 21.7. The van der Waals surface area contributed by atoms with Gasteiger partial charge in [0.2, 0.25) is 0 Å². The molecule has 0 saturated carbocycles. The maximum absolute atomic E-state index is 11.8. The lowest BCUT2D eigenvalue weighted by Crippen LogP contribution is -2.49. The smallest absolute Gasteiger partial charge is 0.253 e. The summed E-state index contributed by atoms with van der Waals surface area (Å²) in [4.78, 5) is 13.3. The van der Waals surface area contributed by atoms with E-state index in [2.05, 4.69) is 5.32 Å². The van der Waals surface area contributed by atoms with Crippen LogP contribution in [-0.2, 0) is 9.53 Å². The molecule has 2 fully saturated rings. The maximum Gasteiger partial charge on any atom is 0.253 e. The summed E-state index contributed by atoms with van der Waals surface area (Å²) in [6.07, 6.45) is -2.13. The van der Waals surface area contributed by atoms with Crippen molar-refractivity contribution in [1.82, 2.24) is 10.2 Å². The molecule has 6 heteroatoms. The third-order valence-corrected chi connectivity index (χ3v) is 2.77. The van der Waals surface area contributed by atoms with E-state index in [4.69, 9.17) is 4.74 Å². The number of nitrogens with one attached hydrogen (secondary N) is 1. The number of β-amino-alcohol motifs (C(OH)–C–C–N with tert-alkyl or cyclic N) is 2. The Hall–Kier alpha value is -0.690. The van der Waals surface area contributed by atoms with E-state index in [1.807, 2.05) is 0 Å². The van der Waals surface area contributed by atoms with Crippen LogP contribution in [0.25, 0.3) is 0 Å². The fourth-order valence-corrected chi connectivity index (χ4v) is 1.88. The zero-order valence-corrected chi connectivity index (χ0v) is 8.43.